The van der Waals surface area contributed by atoms with Gasteiger partial charge >= 0.3 is 0 Å². The predicted octanol–water partition coefficient (Wildman–Crippen LogP) is 3.76. The van der Waals surface area contributed by atoms with Crippen LogP contribution in [0.4, 0.5) is 0 Å². The van der Waals surface area contributed by atoms with E-state index < -0.39 is 0 Å². The molecule has 0 bridgehead atoms. The lowest BCUT2D eigenvalue weighted by Gasteiger charge is -2.24. The van der Waals surface area contributed by atoms with Crippen molar-refractivity contribution >= 4 is 26.8 Å². The van der Waals surface area contributed by atoms with Crippen LogP contribution in [0.25, 0.3) is 10.9 Å². The number of hydrogen-bond acceptors (Lipinski definition) is 2. The molecule has 1 aromatic heterocycles. The highest BCUT2D eigenvalue weighted by molar-refractivity contribution is 9.10. The van der Waals surface area contributed by atoms with Gasteiger partial charge in [-0.15, -0.1) is 0 Å². The van der Waals surface area contributed by atoms with Crippen LogP contribution in [0.5, 0.6) is 5.75 Å². The fourth-order valence-corrected chi connectivity index (χ4v) is 3.86. The minimum atomic E-state index is 0.450. The van der Waals surface area contributed by atoms with E-state index in [2.05, 4.69) is 45.0 Å². The van der Waals surface area contributed by atoms with E-state index in [4.69, 9.17) is 4.74 Å². The third-order valence-electron chi connectivity index (χ3n) is 4.03. The minimum Gasteiger partial charge on any atom is -0.497 e. The second-order valence-electron chi connectivity index (χ2n) is 5.14. The van der Waals surface area contributed by atoms with Crippen LogP contribution in [0.2, 0.25) is 0 Å². The van der Waals surface area contributed by atoms with Crippen LogP contribution >= 0.6 is 15.9 Å². The van der Waals surface area contributed by atoms with Crippen molar-refractivity contribution in [1.29, 1.82) is 0 Å². The molecule has 1 unspecified atom stereocenters. The largest absolute Gasteiger partial charge is 0.497 e. The van der Waals surface area contributed by atoms with Crippen LogP contribution in [-0.2, 0) is 7.05 Å². The van der Waals surface area contributed by atoms with Crippen LogP contribution in [0.3, 0.4) is 0 Å². The first-order valence-electron chi connectivity index (χ1n) is 6.77. The molecule has 1 N–H and O–H groups in total. The van der Waals surface area contributed by atoms with Crippen molar-refractivity contribution < 1.29 is 4.74 Å². The highest BCUT2D eigenvalue weighted by Gasteiger charge is 2.23. The lowest BCUT2D eigenvalue weighted by atomic mass is 10.0. The molecular weight excluding hydrogens is 304 g/mol. The average molecular weight is 323 g/mol. The van der Waals surface area contributed by atoms with E-state index in [1.807, 2.05) is 6.07 Å². The molecule has 0 saturated carbocycles. The molecule has 0 spiro atoms. The number of rotatable bonds is 2. The first-order chi connectivity index (χ1) is 9.22. The van der Waals surface area contributed by atoms with Gasteiger partial charge in [-0.25, -0.2) is 0 Å². The second kappa shape index (κ2) is 5.17. The number of methoxy groups -OCH3 is 1. The lowest BCUT2D eigenvalue weighted by Crippen LogP contribution is -2.28. The number of hydrogen-bond donors (Lipinski definition) is 1. The van der Waals surface area contributed by atoms with Gasteiger partial charge in [0.05, 0.1) is 7.11 Å². The summed E-state index contributed by atoms with van der Waals surface area (Å²) in [6.45, 7) is 1.11. The number of halogens is 1. The molecule has 2 aromatic rings. The van der Waals surface area contributed by atoms with Crippen molar-refractivity contribution in [2.75, 3.05) is 13.7 Å². The topological polar surface area (TPSA) is 26.2 Å². The number of nitrogens with one attached hydrogen (secondary N) is 1. The molecule has 2 heterocycles. The summed E-state index contributed by atoms with van der Waals surface area (Å²) in [4.78, 5) is 0. The monoisotopic (exact) mass is 322 g/mol. The zero-order valence-corrected chi connectivity index (χ0v) is 13.0. The summed E-state index contributed by atoms with van der Waals surface area (Å²) in [5.74, 6) is 0.905. The van der Waals surface area contributed by atoms with Gasteiger partial charge in [-0.3, -0.25) is 0 Å². The third kappa shape index (κ3) is 2.17. The molecular formula is C15H19BrN2O. The molecule has 0 amide bonds. The van der Waals surface area contributed by atoms with Gasteiger partial charge in [-0.05, 0) is 53.5 Å². The Morgan fingerprint density at radius 3 is 2.89 bits per heavy atom. The van der Waals surface area contributed by atoms with Gasteiger partial charge in [0.1, 0.15) is 5.75 Å². The molecule has 1 aromatic carbocycles. The van der Waals surface area contributed by atoms with Gasteiger partial charge in [0, 0.05) is 34.2 Å². The Hall–Kier alpha value is -1.00. The van der Waals surface area contributed by atoms with E-state index in [0.717, 1.165) is 12.3 Å². The molecule has 0 radical (unpaired) electrons. The molecule has 1 atom stereocenters. The number of fused-ring (bicyclic) bond motifs is 1. The van der Waals surface area contributed by atoms with Crippen molar-refractivity contribution in [1.82, 2.24) is 9.88 Å². The van der Waals surface area contributed by atoms with Gasteiger partial charge in [0.2, 0.25) is 0 Å². The summed E-state index contributed by atoms with van der Waals surface area (Å²) in [5, 5.41) is 4.85. The number of benzene rings is 1. The van der Waals surface area contributed by atoms with Gasteiger partial charge < -0.3 is 14.6 Å². The van der Waals surface area contributed by atoms with Gasteiger partial charge in [0.25, 0.3) is 0 Å². The minimum absolute atomic E-state index is 0.450. The van der Waals surface area contributed by atoms with Crippen LogP contribution in [0.1, 0.15) is 31.0 Å². The lowest BCUT2D eigenvalue weighted by molar-refractivity contribution is 0.398. The Kier molecular flexibility index (Phi) is 3.54. The van der Waals surface area contributed by atoms with Crippen LogP contribution in [-0.4, -0.2) is 18.2 Å². The fourth-order valence-electron chi connectivity index (χ4n) is 3.00. The van der Waals surface area contributed by atoms with E-state index in [1.54, 1.807) is 7.11 Å². The summed E-state index contributed by atoms with van der Waals surface area (Å²) in [7, 11) is 3.85. The quantitative estimate of drug-likeness (QED) is 0.911. The number of aryl methyl sites for hydroxylation is 1. The van der Waals surface area contributed by atoms with E-state index in [-0.39, 0.29) is 0 Å². The second-order valence-corrected chi connectivity index (χ2v) is 5.94. The molecule has 19 heavy (non-hydrogen) atoms. The zero-order valence-electron chi connectivity index (χ0n) is 11.4. The smallest absolute Gasteiger partial charge is 0.119 e. The van der Waals surface area contributed by atoms with E-state index >= 15 is 0 Å². The standard InChI is InChI=1S/C15H19BrN2O/c1-18-13-7-6-10(19-2)9-11(13)14(16)15(18)12-5-3-4-8-17-12/h6-7,9,12,17H,3-5,8H2,1-2H3. The molecule has 1 aliphatic heterocycles. The van der Waals surface area contributed by atoms with Crippen LogP contribution in [0, 0.1) is 0 Å². The highest BCUT2D eigenvalue weighted by atomic mass is 79.9. The fraction of sp³-hybridized carbons (Fsp3) is 0.467. The molecule has 4 heteroatoms. The summed E-state index contributed by atoms with van der Waals surface area (Å²) in [6.07, 6.45) is 3.79. The Balaban J connectivity index is 2.13. The van der Waals surface area contributed by atoms with E-state index in [9.17, 15) is 0 Å². The van der Waals surface area contributed by atoms with Crippen molar-refractivity contribution in [2.45, 2.75) is 25.3 Å². The third-order valence-corrected chi connectivity index (χ3v) is 4.86. The van der Waals surface area contributed by atoms with Crippen molar-refractivity contribution in [2.24, 2.45) is 7.05 Å². The first-order valence-corrected chi connectivity index (χ1v) is 7.57. The Bertz CT molecular complexity index is 600. The SMILES string of the molecule is COc1ccc2c(c1)c(Br)c(C1CCCCN1)n2C. The molecule has 1 fully saturated rings. The zero-order chi connectivity index (χ0) is 13.4. The summed E-state index contributed by atoms with van der Waals surface area (Å²) in [6, 6.07) is 6.70. The number of nitrogens with zero attached hydrogens (tertiary/aromatic N) is 1. The Morgan fingerprint density at radius 1 is 1.37 bits per heavy atom. The summed E-state index contributed by atoms with van der Waals surface area (Å²) < 4.78 is 8.82. The predicted molar refractivity (Wildman–Crippen MR) is 81.8 cm³/mol. The van der Waals surface area contributed by atoms with Crippen LogP contribution < -0.4 is 10.1 Å². The molecule has 3 nitrogen and oxygen atoms in total. The number of aromatic nitrogens is 1. The maximum atomic E-state index is 5.33. The first kappa shape index (κ1) is 13.0. The van der Waals surface area contributed by atoms with E-state index in [0.29, 0.717) is 6.04 Å². The summed E-state index contributed by atoms with van der Waals surface area (Å²) >= 11 is 3.79. The number of piperidine rings is 1. The van der Waals surface area contributed by atoms with Gasteiger partial charge in [-0.1, -0.05) is 6.42 Å². The average Bonchev–Trinajstić information content (AvgIpc) is 2.71. The maximum absolute atomic E-state index is 5.33. The molecule has 1 aliphatic rings. The highest BCUT2D eigenvalue weighted by Crippen LogP contribution is 2.38. The molecule has 102 valence electrons. The summed E-state index contributed by atoms with van der Waals surface area (Å²) in [5.41, 5.74) is 2.60. The van der Waals surface area contributed by atoms with Gasteiger partial charge in [-0.2, -0.15) is 0 Å². The molecule has 3 rings (SSSR count). The molecule has 0 aliphatic carbocycles. The van der Waals surface area contributed by atoms with Crippen molar-refractivity contribution in [3.8, 4) is 5.75 Å². The molecule has 1 saturated heterocycles. The normalized spacial score (nSPS) is 19.8. The number of ether oxygens (including phenoxy) is 1. The Morgan fingerprint density at radius 2 is 2.21 bits per heavy atom. The maximum Gasteiger partial charge on any atom is 0.119 e. The van der Waals surface area contributed by atoms with E-state index in [1.165, 1.54) is 40.3 Å². The van der Waals surface area contributed by atoms with Crippen molar-refractivity contribution in [3.05, 3.63) is 28.4 Å². The van der Waals surface area contributed by atoms with Gasteiger partial charge in [0.15, 0.2) is 0 Å². The van der Waals surface area contributed by atoms with Crippen molar-refractivity contribution in [3.63, 3.8) is 0 Å². The Labute approximate surface area is 122 Å². The van der Waals surface area contributed by atoms with Crippen LogP contribution in [0.15, 0.2) is 22.7 Å².